The summed E-state index contributed by atoms with van der Waals surface area (Å²) in [7, 11) is 0. The van der Waals surface area contributed by atoms with Gasteiger partial charge < -0.3 is 15.3 Å². The molecule has 0 bridgehead atoms. The Kier molecular flexibility index (Phi) is 4.32. The summed E-state index contributed by atoms with van der Waals surface area (Å²) in [6, 6.07) is 8.69. The van der Waals surface area contributed by atoms with Gasteiger partial charge in [-0.25, -0.2) is 0 Å². The predicted octanol–water partition coefficient (Wildman–Crippen LogP) is 0.986. The lowest BCUT2D eigenvalue weighted by molar-refractivity contribution is -0.142. The Hall–Kier alpha value is -2.37. The van der Waals surface area contributed by atoms with Gasteiger partial charge in [-0.15, -0.1) is 0 Å². The van der Waals surface area contributed by atoms with Crippen molar-refractivity contribution >= 4 is 17.8 Å². The van der Waals surface area contributed by atoms with E-state index in [1.165, 1.54) is 0 Å². The zero-order chi connectivity index (χ0) is 16.4. The number of benzene rings is 1. The number of carboxylic acid groups (broad SMARTS) is 1. The average Bonchev–Trinajstić information content (AvgIpc) is 3.31. The first-order chi connectivity index (χ1) is 11.1. The van der Waals surface area contributed by atoms with E-state index < -0.39 is 11.9 Å². The van der Waals surface area contributed by atoms with Crippen LogP contribution in [0.25, 0.3) is 0 Å². The molecule has 1 aliphatic heterocycles. The molecule has 2 N–H and O–H groups in total. The van der Waals surface area contributed by atoms with Crippen molar-refractivity contribution in [3.63, 3.8) is 0 Å². The number of aliphatic carboxylic acids is 1. The summed E-state index contributed by atoms with van der Waals surface area (Å²) in [6.45, 7) is 0.635. The monoisotopic (exact) mass is 316 g/mol. The summed E-state index contributed by atoms with van der Waals surface area (Å²) in [4.78, 5) is 37.1. The maximum absolute atomic E-state index is 12.3. The van der Waals surface area contributed by atoms with E-state index in [0.717, 1.165) is 12.8 Å². The molecule has 0 spiro atoms. The normalized spacial score (nSPS) is 23.6. The Morgan fingerprint density at radius 2 is 1.83 bits per heavy atom. The van der Waals surface area contributed by atoms with Crippen LogP contribution in [0, 0.1) is 17.8 Å². The third-order valence-electron chi connectivity index (χ3n) is 4.70. The van der Waals surface area contributed by atoms with Crippen molar-refractivity contribution in [3.05, 3.63) is 35.9 Å². The van der Waals surface area contributed by atoms with E-state index in [1.807, 2.05) is 6.07 Å². The lowest BCUT2D eigenvalue weighted by atomic mass is 9.92. The summed E-state index contributed by atoms with van der Waals surface area (Å²) in [5, 5.41) is 11.9. The number of rotatable bonds is 5. The lowest BCUT2D eigenvalue weighted by Crippen LogP contribution is -2.39. The molecule has 1 aromatic carbocycles. The minimum atomic E-state index is -0.828. The standard InChI is InChI=1S/C17H20N2O4/c20-15(8-18-16(21)12-4-2-1-3-5-12)19-9-13(11-6-7-11)14(10-19)17(22)23/h1-5,11,13-14H,6-10H2,(H,18,21)(H,22,23)/t13-,14+/m1/s1. The fourth-order valence-electron chi connectivity index (χ4n) is 3.26. The van der Waals surface area contributed by atoms with E-state index in [9.17, 15) is 19.5 Å². The van der Waals surface area contributed by atoms with Crippen LogP contribution in [-0.4, -0.2) is 47.4 Å². The van der Waals surface area contributed by atoms with Crippen LogP contribution < -0.4 is 5.32 Å². The highest BCUT2D eigenvalue weighted by molar-refractivity contribution is 5.96. The van der Waals surface area contributed by atoms with Crippen molar-refractivity contribution in [1.82, 2.24) is 10.2 Å². The van der Waals surface area contributed by atoms with Gasteiger partial charge in [-0.05, 0) is 36.8 Å². The SMILES string of the molecule is O=C(NCC(=O)N1C[C@H](C(=O)O)[C@@H](C2CC2)C1)c1ccccc1. The van der Waals surface area contributed by atoms with Gasteiger partial charge in [0.2, 0.25) is 5.91 Å². The van der Waals surface area contributed by atoms with Crippen molar-refractivity contribution in [1.29, 1.82) is 0 Å². The molecule has 0 radical (unpaired) electrons. The quantitative estimate of drug-likeness (QED) is 0.848. The van der Waals surface area contributed by atoms with Crippen LogP contribution in [0.15, 0.2) is 30.3 Å². The van der Waals surface area contributed by atoms with Crippen molar-refractivity contribution in [2.24, 2.45) is 17.8 Å². The molecule has 1 aliphatic carbocycles. The number of carbonyl (C=O) groups excluding carboxylic acids is 2. The molecule has 1 aromatic rings. The highest BCUT2D eigenvalue weighted by atomic mass is 16.4. The van der Waals surface area contributed by atoms with E-state index in [0.29, 0.717) is 18.0 Å². The summed E-state index contributed by atoms with van der Waals surface area (Å²) >= 11 is 0. The maximum Gasteiger partial charge on any atom is 0.308 e. The number of nitrogens with zero attached hydrogens (tertiary/aromatic N) is 1. The zero-order valence-electron chi connectivity index (χ0n) is 12.8. The molecule has 1 heterocycles. The largest absolute Gasteiger partial charge is 0.481 e. The van der Waals surface area contributed by atoms with Gasteiger partial charge in [0.15, 0.2) is 0 Å². The van der Waals surface area contributed by atoms with Crippen LogP contribution in [-0.2, 0) is 9.59 Å². The average molecular weight is 316 g/mol. The fraction of sp³-hybridized carbons (Fsp3) is 0.471. The van der Waals surface area contributed by atoms with Crippen LogP contribution in [0.3, 0.4) is 0 Å². The van der Waals surface area contributed by atoms with Gasteiger partial charge in [0.1, 0.15) is 0 Å². The Labute approximate surface area is 134 Å². The van der Waals surface area contributed by atoms with Crippen LogP contribution >= 0.6 is 0 Å². The summed E-state index contributed by atoms with van der Waals surface area (Å²) < 4.78 is 0. The van der Waals surface area contributed by atoms with Crippen molar-refractivity contribution in [2.75, 3.05) is 19.6 Å². The molecule has 6 nitrogen and oxygen atoms in total. The van der Waals surface area contributed by atoms with Crippen molar-refractivity contribution < 1.29 is 19.5 Å². The molecular weight excluding hydrogens is 296 g/mol. The molecule has 2 atom stereocenters. The molecular formula is C17H20N2O4. The molecule has 3 rings (SSSR count). The number of amides is 2. The molecule has 1 saturated carbocycles. The zero-order valence-corrected chi connectivity index (χ0v) is 12.8. The number of nitrogens with one attached hydrogen (secondary N) is 1. The van der Waals surface area contributed by atoms with Crippen molar-refractivity contribution in [3.8, 4) is 0 Å². The number of hydrogen-bond donors (Lipinski definition) is 2. The first kappa shape index (κ1) is 15.5. The minimum Gasteiger partial charge on any atom is -0.481 e. The third kappa shape index (κ3) is 3.52. The van der Waals surface area contributed by atoms with Gasteiger partial charge in [-0.2, -0.15) is 0 Å². The highest BCUT2D eigenvalue weighted by Gasteiger charge is 2.46. The summed E-state index contributed by atoms with van der Waals surface area (Å²) in [5.74, 6) is -1.33. The Bertz CT molecular complexity index is 612. The van der Waals surface area contributed by atoms with E-state index in [-0.39, 0.29) is 30.8 Å². The van der Waals surface area contributed by atoms with Gasteiger partial charge in [0.25, 0.3) is 5.91 Å². The highest BCUT2D eigenvalue weighted by Crippen LogP contribution is 2.44. The van der Waals surface area contributed by atoms with Gasteiger partial charge in [0.05, 0.1) is 12.5 Å². The number of carbonyl (C=O) groups is 3. The molecule has 0 unspecified atom stereocenters. The Balaban J connectivity index is 1.54. The molecule has 6 heteroatoms. The smallest absolute Gasteiger partial charge is 0.308 e. The van der Waals surface area contributed by atoms with Crippen LogP contribution in [0.1, 0.15) is 23.2 Å². The van der Waals surface area contributed by atoms with Gasteiger partial charge in [-0.3, -0.25) is 14.4 Å². The number of hydrogen-bond acceptors (Lipinski definition) is 3. The first-order valence-corrected chi connectivity index (χ1v) is 7.90. The molecule has 1 saturated heterocycles. The van der Waals surface area contributed by atoms with Gasteiger partial charge in [0, 0.05) is 18.7 Å². The number of likely N-dealkylation sites (tertiary alicyclic amines) is 1. The minimum absolute atomic E-state index is 0.0567. The third-order valence-corrected chi connectivity index (χ3v) is 4.70. The molecule has 2 aliphatic rings. The maximum atomic E-state index is 12.3. The fourth-order valence-corrected chi connectivity index (χ4v) is 3.26. The Morgan fingerprint density at radius 1 is 1.13 bits per heavy atom. The van der Waals surface area contributed by atoms with Crippen LogP contribution in [0.5, 0.6) is 0 Å². The second-order valence-corrected chi connectivity index (χ2v) is 6.29. The second-order valence-electron chi connectivity index (χ2n) is 6.29. The topological polar surface area (TPSA) is 86.7 Å². The molecule has 2 fully saturated rings. The predicted molar refractivity (Wildman–Crippen MR) is 82.7 cm³/mol. The summed E-state index contributed by atoms with van der Waals surface area (Å²) in [5.41, 5.74) is 0.501. The number of carboxylic acids is 1. The Morgan fingerprint density at radius 3 is 2.43 bits per heavy atom. The van der Waals surface area contributed by atoms with Crippen LogP contribution in [0.4, 0.5) is 0 Å². The van der Waals surface area contributed by atoms with E-state index in [1.54, 1.807) is 29.2 Å². The second kappa shape index (κ2) is 6.40. The lowest BCUT2D eigenvalue weighted by Gasteiger charge is -2.16. The van der Waals surface area contributed by atoms with E-state index in [4.69, 9.17) is 0 Å². The van der Waals surface area contributed by atoms with Gasteiger partial charge in [-0.1, -0.05) is 18.2 Å². The van der Waals surface area contributed by atoms with E-state index in [2.05, 4.69) is 5.32 Å². The molecule has 2 amide bonds. The van der Waals surface area contributed by atoms with Gasteiger partial charge >= 0.3 is 5.97 Å². The van der Waals surface area contributed by atoms with Crippen LogP contribution in [0.2, 0.25) is 0 Å². The summed E-state index contributed by atoms with van der Waals surface area (Å²) in [6.07, 6.45) is 2.11. The molecule has 23 heavy (non-hydrogen) atoms. The molecule has 0 aromatic heterocycles. The van der Waals surface area contributed by atoms with E-state index >= 15 is 0 Å². The first-order valence-electron chi connectivity index (χ1n) is 7.90. The molecule has 122 valence electrons. The van der Waals surface area contributed by atoms with Crippen molar-refractivity contribution in [2.45, 2.75) is 12.8 Å².